The molecule has 0 spiro atoms. The molecule has 0 saturated heterocycles. The van der Waals surface area contributed by atoms with Crippen LogP contribution in [0.2, 0.25) is 0 Å². The molecule has 9 nitrogen and oxygen atoms in total. The molecule has 0 bridgehead atoms. The molecule has 0 fully saturated rings. The van der Waals surface area contributed by atoms with Gasteiger partial charge in [-0.3, -0.25) is 24.5 Å². The van der Waals surface area contributed by atoms with Crippen LogP contribution in [0.15, 0.2) is 107 Å². The maximum atomic E-state index is 13.1. The highest BCUT2D eigenvalue weighted by Gasteiger charge is 2.14. The maximum Gasteiger partial charge on any atom is 0.238 e. The number of carbonyl (C=O) groups is 1. The van der Waals surface area contributed by atoms with Gasteiger partial charge in [-0.15, -0.1) is 0 Å². The Morgan fingerprint density at radius 2 is 1.83 bits per heavy atom. The van der Waals surface area contributed by atoms with Gasteiger partial charge in [0.05, 0.1) is 30.0 Å². The second kappa shape index (κ2) is 11.9. The van der Waals surface area contributed by atoms with Gasteiger partial charge >= 0.3 is 0 Å². The molecule has 204 valence electrons. The van der Waals surface area contributed by atoms with Crippen molar-refractivity contribution in [2.75, 3.05) is 25.0 Å². The second-order valence-corrected chi connectivity index (χ2v) is 9.64. The fraction of sp³-hybridized carbons (Fsp3) is 0.156. The van der Waals surface area contributed by atoms with Crippen LogP contribution in [0.4, 0.5) is 5.69 Å². The number of aromatic nitrogens is 3. The van der Waals surface area contributed by atoms with Gasteiger partial charge in [0.25, 0.3) is 0 Å². The third-order valence-corrected chi connectivity index (χ3v) is 6.60. The Morgan fingerprint density at radius 3 is 2.73 bits per heavy atom. The van der Waals surface area contributed by atoms with E-state index in [-0.39, 0.29) is 17.9 Å². The molecule has 9 heteroatoms. The van der Waals surface area contributed by atoms with Crippen molar-refractivity contribution < 1.29 is 13.9 Å². The van der Waals surface area contributed by atoms with Crippen LogP contribution in [0.3, 0.4) is 0 Å². The van der Waals surface area contributed by atoms with Gasteiger partial charge in [-0.2, -0.15) is 0 Å². The SMILES string of the molecule is O=C(CN(CCCOc1ccc2nc3ccc(=O)cc-3oc2c1)Cc1ccccn1)Nc1cccc2cccnc12. The molecule has 0 radical (unpaired) electrons. The quantitative estimate of drug-likeness (QED) is 0.186. The molecule has 2 aromatic carbocycles. The fourth-order valence-electron chi connectivity index (χ4n) is 4.69. The monoisotopic (exact) mass is 545 g/mol. The number of hydrogen-bond donors (Lipinski definition) is 1. The van der Waals surface area contributed by atoms with Gasteiger partial charge in [-0.25, -0.2) is 4.98 Å². The van der Waals surface area contributed by atoms with Crippen molar-refractivity contribution in [2.45, 2.75) is 13.0 Å². The first-order valence-electron chi connectivity index (χ1n) is 13.3. The summed E-state index contributed by atoms with van der Waals surface area (Å²) in [6.07, 6.45) is 4.15. The highest BCUT2D eigenvalue weighted by molar-refractivity contribution is 6.00. The summed E-state index contributed by atoms with van der Waals surface area (Å²) in [5.74, 6) is 0.945. The summed E-state index contributed by atoms with van der Waals surface area (Å²) in [7, 11) is 0. The fourth-order valence-corrected chi connectivity index (χ4v) is 4.69. The van der Waals surface area contributed by atoms with E-state index >= 15 is 0 Å². The average molecular weight is 546 g/mol. The molecule has 0 saturated carbocycles. The van der Waals surface area contributed by atoms with Crippen molar-refractivity contribution in [1.29, 1.82) is 0 Å². The maximum absolute atomic E-state index is 13.1. The highest BCUT2D eigenvalue weighted by Crippen LogP contribution is 2.26. The lowest BCUT2D eigenvalue weighted by Gasteiger charge is -2.21. The van der Waals surface area contributed by atoms with E-state index < -0.39 is 0 Å². The number of carbonyl (C=O) groups excluding carboxylic acids is 1. The van der Waals surface area contributed by atoms with Gasteiger partial charge in [0.15, 0.2) is 16.8 Å². The van der Waals surface area contributed by atoms with Crippen molar-refractivity contribution in [1.82, 2.24) is 19.9 Å². The Hall–Kier alpha value is -5.15. The molecule has 2 aromatic heterocycles. The lowest BCUT2D eigenvalue weighted by molar-refractivity contribution is -0.117. The highest BCUT2D eigenvalue weighted by atomic mass is 16.5. The number of fused-ring (bicyclic) bond motifs is 3. The topological polar surface area (TPSA) is 110 Å². The Kier molecular flexibility index (Phi) is 7.59. The average Bonchev–Trinajstić information content (AvgIpc) is 2.99. The van der Waals surface area contributed by atoms with Crippen molar-refractivity contribution >= 4 is 33.6 Å². The lowest BCUT2D eigenvalue weighted by atomic mass is 10.2. The number of hydrogen-bond acceptors (Lipinski definition) is 8. The molecule has 3 heterocycles. The minimum atomic E-state index is -0.132. The van der Waals surface area contributed by atoms with E-state index in [1.54, 1.807) is 24.5 Å². The Morgan fingerprint density at radius 1 is 0.927 bits per heavy atom. The number of anilines is 1. The summed E-state index contributed by atoms with van der Waals surface area (Å²) in [5.41, 5.74) is 4.03. The third-order valence-electron chi connectivity index (χ3n) is 6.60. The van der Waals surface area contributed by atoms with Gasteiger partial charge in [0, 0.05) is 43.0 Å². The summed E-state index contributed by atoms with van der Waals surface area (Å²) < 4.78 is 11.9. The zero-order valence-corrected chi connectivity index (χ0v) is 22.2. The zero-order valence-electron chi connectivity index (χ0n) is 22.2. The van der Waals surface area contributed by atoms with Gasteiger partial charge in [-0.05, 0) is 55.0 Å². The number of pyridine rings is 2. The van der Waals surface area contributed by atoms with Crippen LogP contribution in [0, 0.1) is 0 Å². The van der Waals surface area contributed by atoms with Gasteiger partial charge in [-0.1, -0.05) is 24.3 Å². The summed E-state index contributed by atoms with van der Waals surface area (Å²) >= 11 is 0. The first kappa shape index (κ1) is 26.1. The van der Waals surface area contributed by atoms with Crippen molar-refractivity contribution in [3.8, 4) is 17.2 Å². The molecule has 6 rings (SSSR count). The minimum Gasteiger partial charge on any atom is -0.493 e. The summed E-state index contributed by atoms with van der Waals surface area (Å²) in [4.78, 5) is 40.2. The number of amides is 1. The number of ether oxygens (including phenoxy) is 1. The van der Waals surface area contributed by atoms with E-state index in [1.165, 1.54) is 12.1 Å². The smallest absolute Gasteiger partial charge is 0.238 e. The van der Waals surface area contributed by atoms with Crippen LogP contribution in [0.25, 0.3) is 33.5 Å². The standard InChI is InChI=1S/C32H27N5O4/c38-24-10-12-26-29(18-24)41-30-19-25(11-13-27(30)35-26)40-17-5-16-37(20-23-8-1-2-14-33-23)21-31(39)36-28-9-3-6-22-7-4-15-34-32(22)28/h1-4,6-15,18-19H,5,16-17,20-21H2,(H,36,39). The van der Waals surface area contributed by atoms with Crippen LogP contribution in [0.5, 0.6) is 5.75 Å². The summed E-state index contributed by atoms with van der Waals surface area (Å²) in [6, 6.07) is 25.3. The number of rotatable bonds is 10. The van der Waals surface area contributed by atoms with Crippen LogP contribution in [-0.2, 0) is 11.3 Å². The minimum absolute atomic E-state index is 0.128. The van der Waals surface area contributed by atoms with E-state index in [9.17, 15) is 9.59 Å². The van der Waals surface area contributed by atoms with Crippen LogP contribution >= 0.6 is 0 Å². The second-order valence-electron chi connectivity index (χ2n) is 9.64. The molecule has 4 aromatic rings. The molecule has 1 N–H and O–H groups in total. The Labute approximate surface area is 235 Å². The molecule has 1 aliphatic carbocycles. The van der Waals surface area contributed by atoms with Crippen molar-refractivity contribution in [2.24, 2.45) is 0 Å². The van der Waals surface area contributed by atoms with Crippen molar-refractivity contribution in [3.63, 3.8) is 0 Å². The largest absolute Gasteiger partial charge is 0.493 e. The van der Waals surface area contributed by atoms with Gasteiger partial charge in [0.2, 0.25) is 5.91 Å². The number of nitrogens with zero attached hydrogens (tertiary/aromatic N) is 4. The predicted molar refractivity (Wildman–Crippen MR) is 157 cm³/mol. The molecule has 1 aliphatic heterocycles. The van der Waals surface area contributed by atoms with Crippen LogP contribution in [0.1, 0.15) is 12.1 Å². The molecular formula is C32H27N5O4. The molecular weight excluding hydrogens is 518 g/mol. The first-order chi connectivity index (χ1) is 20.1. The summed E-state index contributed by atoms with van der Waals surface area (Å²) in [6.45, 7) is 1.77. The van der Waals surface area contributed by atoms with Gasteiger partial charge < -0.3 is 14.5 Å². The van der Waals surface area contributed by atoms with E-state index in [2.05, 4.69) is 20.3 Å². The molecule has 41 heavy (non-hydrogen) atoms. The Balaban J connectivity index is 1.10. The molecule has 1 amide bonds. The van der Waals surface area contributed by atoms with Crippen LogP contribution in [-0.4, -0.2) is 45.5 Å². The van der Waals surface area contributed by atoms with Gasteiger partial charge in [0.1, 0.15) is 17.0 Å². The first-order valence-corrected chi connectivity index (χ1v) is 13.3. The number of nitrogens with one attached hydrogen (secondary N) is 1. The number of benzene rings is 3. The van der Waals surface area contributed by atoms with Crippen LogP contribution < -0.4 is 15.5 Å². The molecule has 0 atom stereocenters. The van der Waals surface area contributed by atoms with Crippen molar-refractivity contribution in [3.05, 3.63) is 113 Å². The zero-order chi connectivity index (χ0) is 28.0. The Bertz CT molecular complexity index is 1830. The molecule has 2 aliphatic rings. The van der Waals surface area contributed by atoms with E-state index in [4.69, 9.17) is 9.15 Å². The normalized spacial score (nSPS) is 11.3. The van der Waals surface area contributed by atoms with E-state index in [1.807, 2.05) is 65.6 Å². The lowest BCUT2D eigenvalue weighted by Crippen LogP contribution is -2.34. The number of para-hydroxylation sites is 1. The molecule has 0 unspecified atom stereocenters. The van der Waals surface area contributed by atoms with E-state index in [0.717, 1.165) is 16.6 Å². The predicted octanol–water partition coefficient (Wildman–Crippen LogP) is 5.15. The third kappa shape index (κ3) is 6.37. The van der Waals surface area contributed by atoms with E-state index in [0.29, 0.717) is 60.1 Å². The summed E-state index contributed by atoms with van der Waals surface area (Å²) in [5, 5.41) is 3.99.